The molecular weight excluding hydrogens is 264 g/mol. The van der Waals surface area contributed by atoms with Crippen LogP contribution in [0.1, 0.15) is 33.6 Å². The summed E-state index contributed by atoms with van der Waals surface area (Å²) in [6.07, 6.45) is -0.293. The molecule has 114 valence electrons. The van der Waals surface area contributed by atoms with Crippen molar-refractivity contribution in [1.82, 2.24) is 10.2 Å². The van der Waals surface area contributed by atoms with Crippen molar-refractivity contribution in [2.45, 2.75) is 51.8 Å². The number of carbonyl (C=O) groups excluding carboxylic acids is 2. The van der Waals surface area contributed by atoms with Gasteiger partial charge in [-0.3, -0.25) is 9.59 Å². The lowest BCUT2D eigenvalue weighted by molar-refractivity contribution is -0.144. The van der Waals surface area contributed by atoms with Crippen molar-refractivity contribution in [3.63, 3.8) is 0 Å². The van der Waals surface area contributed by atoms with Crippen LogP contribution in [0.3, 0.4) is 0 Å². The molecule has 3 atom stereocenters. The van der Waals surface area contributed by atoms with Crippen LogP contribution in [0.5, 0.6) is 0 Å². The number of nitrogens with one attached hydrogen (secondary N) is 1. The smallest absolute Gasteiger partial charge is 0.326 e. The van der Waals surface area contributed by atoms with Crippen molar-refractivity contribution in [3.05, 3.63) is 0 Å². The highest BCUT2D eigenvalue weighted by Crippen LogP contribution is 2.18. The zero-order chi connectivity index (χ0) is 15.4. The van der Waals surface area contributed by atoms with Gasteiger partial charge >= 0.3 is 5.97 Å². The molecule has 0 aliphatic carbocycles. The number of aliphatic hydroxyl groups is 1. The molecule has 0 radical (unpaired) electrons. The Labute approximate surface area is 117 Å². The molecule has 0 aromatic heterocycles. The fourth-order valence-electron chi connectivity index (χ4n) is 2.37. The topological polar surface area (TPSA) is 107 Å². The first kappa shape index (κ1) is 16.4. The molecule has 0 saturated carbocycles. The largest absolute Gasteiger partial charge is 0.480 e. The monoisotopic (exact) mass is 286 g/mol. The zero-order valence-electron chi connectivity index (χ0n) is 12.0. The summed E-state index contributed by atoms with van der Waals surface area (Å²) in [5.41, 5.74) is 0. The maximum Gasteiger partial charge on any atom is 0.326 e. The molecule has 1 aliphatic heterocycles. The van der Waals surface area contributed by atoms with Crippen LogP contribution >= 0.6 is 0 Å². The summed E-state index contributed by atoms with van der Waals surface area (Å²) in [4.78, 5) is 35.9. The first-order valence-electron chi connectivity index (χ1n) is 6.70. The number of nitrogens with zero attached hydrogens (tertiary/aromatic N) is 1. The number of rotatable bonds is 5. The summed E-state index contributed by atoms with van der Waals surface area (Å²) in [5, 5.41) is 21.1. The van der Waals surface area contributed by atoms with Crippen molar-refractivity contribution in [2.24, 2.45) is 5.92 Å². The predicted octanol–water partition coefficient (Wildman–Crippen LogP) is -0.416. The Balaban J connectivity index is 2.72. The van der Waals surface area contributed by atoms with E-state index in [1.165, 1.54) is 11.8 Å². The Morgan fingerprint density at radius 2 is 1.95 bits per heavy atom. The van der Waals surface area contributed by atoms with Crippen molar-refractivity contribution in [1.29, 1.82) is 0 Å². The minimum Gasteiger partial charge on any atom is -0.480 e. The molecule has 1 saturated heterocycles. The van der Waals surface area contributed by atoms with Crippen LogP contribution in [0, 0.1) is 5.92 Å². The first-order chi connectivity index (χ1) is 9.22. The number of amides is 2. The molecule has 1 aliphatic rings. The highest BCUT2D eigenvalue weighted by molar-refractivity contribution is 5.90. The van der Waals surface area contributed by atoms with Gasteiger partial charge in [0.1, 0.15) is 12.1 Å². The quantitative estimate of drug-likeness (QED) is 0.636. The molecule has 1 fully saturated rings. The summed E-state index contributed by atoms with van der Waals surface area (Å²) in [7, 11) is 0. The number of carboxylic acid groups (broad SMARTS) is 1. The van der Waals surface area contributed by atoms with E-state index in [2.05, 4.69) is 5.32 Å². The third-order valence-electron chi connectivity index (χ3n) is 3.31. The van der Waals surface area contributed by atoms with E-state index in [4.69, 9.17) is 5.11 Å². The lowest BCUT2D eigenvalue weighted by atomic mass is 10.0. The Hall–Kier alpha value is -1.63. The molecule has 1 rings (SSSR count). The van der Waals surface area contributed by atoms with Crippen molar-refractivity contribution < 1.29 is 24.6 Å². The van der Waals surface area contributed by atoms with Gasteiger partial charge in [-0.05, 0) is 12.3 Å². The van der Waals surface area contributed by atoms with Gasteiger partial charge < -0.3 is 20.4 Å². The molecule has 3 N–H and O–H groups in total. The molecular formula is C13H22N2O5. The van der Waals surface area contributed by atoms with E-state index >= 15 is 0 Å². The second-order valence-electron chi connectivity index (χ2n) is 5.61. The second-order valence-corrected chi connectivity index (χ2v) is 5.61. The van der Waals surface area contributed by atoms with Crippen LogP contribution in [0.4, 0.5) is 0 Å². The number of hydrogen-bond acceptors (Lipinski definition) is 4. The van der Waals surface area contributed by atoms with Gasteiger partial charge in [-0.1, -0.05) is 13.8 Å². The minimum absolute atomic E-state index is 0.106. The molecule has 0 bridgehead atoms. The molecule has 3 unspecified atom stereocenters. The van der Waals surface area contributed by atoms with E-state index in [1.54, 1.807) is 0 Å². The lowest BCUT2D eigenvalue weighted by Gasteiger charge is -2.24. The first-order valence-corrected chi connectivity index (χ1v) is 6.70. The maximum absolute atomic E-state index is 12.1. The van der Waals surface area contributed by atoms with Crippen LogP contribution in [0.15, 0.2) is 0 Å². The van der Waals surface area contributed by atoms with Gasteiger partial charge in [-0.25, -0.2) is 4.79 Å². The van der Waals surface area contributed by atoms with Gasteiger partial charge in [0.05, 0.1) is 6.10 Å². The molecule has 20 heavy (non-hydrogen) atoms. The van der Waals surface area contributed by atoms with Crippen LogP contribution in [-0.4, -0.2) is 57.6 Å². The Kier molecular flexibility index (Phi) is 5.50. The molecule has 0 spiro atoms. The van der Waals surface area contributed by atoms with Crippen molar-refractivity contribution in [2.75, 3.05) is 6.54 Å². The van der Waals surface area contributed by atoms with E-state index in [0.717, 1.165) is 0 Å². The van der Waals surface area contributed by atoms with Crippen LogP contribution in [0.2, 0.25) is 0 Å². The Morgan fingerprint density at radius 1 is 1.35 bits per heavy atom. The maximum atomic E-state index is 12.1. The van der Waals surface area contributed by atoms with Gasteiger partial charge in [-0.2, -0.15) is 0 Å². The van der Waals surface area contributed by atoms with E-state index in [-0.39, 0.29) is 24.8 Å². The van der Waals surface area contributed by atoms with E-state index < -0.39 is 30.1 Å². The SMILES string of the molecule is CC(=O)N1CC(O)CC1C(=O)NC(CC(C)C)C(=O)O. The fraction of sp³-hybridized carbons (Fsp3) is 0.769. The van der Waals surface area contributed by atoms with Crippen molar-refractivity contribution >= 4 is 17.8 Å². The van der Waals surface area contributed by atoms with E-state index in [9.17, 15) is 19.5 Å². The molecule has 0 aromatic carbocycles. The third kappa shape index (κ3) is 4.19. The second kappa shape index (κ2) is 6.69. The van der Waals surface area contributed by atoms with Gasteiger partial charge in [-0.15, -0.1) is 0 Å². The predicted molar refractivity (Wildman–Crippen MR) is 70.8 cm³/mol. The number of aliphatic hydroxyl groups excluding tert-OH is 1. The molecule has 7 heteroatoms. The number of hydrogen-bond donors (Lipinski definition) is 3. The average molecular weight is 286 g/mol. The van der Waals surface area contributed by atoms with Gasteiger partial charge in [0.2, 0.25) is 11.8 Å². The zero-order valence-corrected chi connectivity index (χ0v) is 12.0. The van der Waals surface area contributed by atoms with Gasteiger partial charge in [0.15, 0.2) is 0 Å². The number of carbonyl (C=O) groups is 3. The number of aliphatic carboxylic acids is 1. The summed E-state index contributed by atoms with van der Waals surface area (Å²) in [6.45, 7) is 5.16. The molecule has 0 aromatic rings. The fourth-order valence-corrected chi connectivity index (χ4v) is 2.37. The molecule has 2 amide bonds. The highest BCUT2D eigenvalue weighted by atomic mass is 16.4. The van der Waals surface area contributed by atoms with Gasteiger partial charge in [0.25, 0.3) is 0 Å². The summed E-state index contributed by atoms with van der Waals surface area (Å²) in [5.74, 6) is -1.81. The summed E-state index contributed by atoms with van der Waals surface area (Å²) >= 11 is 0. The summed E-state index contributed by atoms with van der Waals surface area (Å²) in [6, 6.07) is -1.77. The normalized spacial score (nSPS) is 23.8. The minimum atomic E-state index is -1.10. The van der Waals surface area contributed by atoms with Crippen LogP contribution < -0.4 is 5.32 Å². The Morgan fingerprint density at radius 3 is 2.40 bits per heavy atom. The number of β-amino-alcohol motifs (C(OH)–C–C–N with tert-alkyl or cyclic N) is 1. The number of carboxylic acids is 1. The van der Waals surface area contributed by atoms with Crippen LogP contribution in [-0.2, 0) is 14.4 Å². The van der Waals surface area contributed by atoms with Crippen molar-refractivity contribution in [3.8, 4) is 0 Å². The number of likely N-dealkylation sites (tertiary alicyclic amines) is 1. The standard InChI is InChI=1S/C13H22N2O5/c1-7(2)4-10(13(19)20)14-12(18)11-5-9(17)6-15(11)8(3)16/h7,9-11,17H,4-6H2,1-3H3,(H,14,18)(H,19,20). The molecule has 7 nitrogen and oxygen atoms in total. The van der Waals surface area contributed by atoms with E-state index in [0.29, 0.717) is 6.42 Å². The molecule has 1 heterocycles. The lowest BCUT2D eigenvalue weighted by Crippen LogP contribution is -2.50. The van der Waals surface area contributed by atoms with Crippen LogP contribution in [0.25, 0.3) is 0 Å². The Bertz CT molecular complexity index is 396. The summed E-state index contributed by atoms with van der Waals surface area (Å²) < 4.78 is 0. The average Bonchev–Trinajstić information content (AvgIpc) is 2.69. The van der Waals surface area contributed by atoms with E-state index in [1.807, 2.05) is 13.8 Å². The van der Waals surface area contributed by atoms with Gasteiger partial charge in [0, 0.05) is 19.9 Å². The third-order valence-corrected chi connectivity index (χ3v) is 3.31. The highest BCUT2D eigenvalue weighted by Gasteiger charge is 2.38.